The molecule has 0 amide bonds. The molecule has 0 aromatic carbocycles. The van der Waals surface area contributed by atoms with E-state index in [2.05, 4.69) is 35.4 Å². The van der Waals surface area contributed by atoms with Gasteiger partial charge in [-0.2, -0.15) is 15.1 Å². The second-order valence-corrected chi connectivity index (χ2v) is 4.78. The fraction of sp³-hybridized carbons (Fsp3) is 0.286. The van der Waals surface area contributed by atoms with Gasteiger partial charge in [-0.15, -0.1) is 0 Å². The number of likely N-dealkylation sites (N-methyl/N-ethyl adjacent to an activating group) is 1. The van der Waals surface area contributed by atoms with Gasteiger partial charge in [0.1, 0.15) is 5.82 Å². The Morgan fingerprint density at radius 1 is 1.24 bits per heavy atom. The van der Waals surface area contributed by atoms with Gasteiger partial charge in [-0.05, 0) is 24.1 Å². The second kappa shape index (κ2) is 5.74. The average molecular weight is 283 g/mol. The summed E-state index contributed by atoms with van der Waals surface area (Å²) in [4.78, 5) is 15.0. The fourth-order valence-corrected chi connectivity index (χ4v) is 2.17. The van der Waals surface area contributed by atoms with Gasteiger partial charge in [-0.1, -0.05) is 0 Å². The zero-order chi connectivity index (χ0) is 14.7. The molecule has 0 bridgehead atoms. The minimum atomic E-state index is 0.581. The van der Waals surface area contributed by atoms with Crippen molar-refractivity contribution < 1.29 is 0 Å². The summed E-state index contributed by atoms with van der Waals surface area (Å²) in [6.07, 6.45) is 6.31. The van der Waals surface area contributed by atoms with Crippen LogP contribution < -0.4 is 10.2 Å². The smallest absolute Gasteiger partial charge is 0.226 e. The Morgan fingerprint density at radius 3 is 2.81 bits per heavy atom. The van der Waals surface area contributed by atoms with E-state index in [0.29, 0.717) is 5.95 Å². The first-order valence-corrected chi connectivity index (χ1v) is 6.77. The number of nitrogens with zero attached hydrogens (tertiary/aromatic N) is 5. The molecule has 108 valence electrons. The largest absolute Gasteiger partial charge is 0.359 e. The van der Waals surface area contributed by atoms with Crippen LogP contribution in [0.5, 0.6) is 0 Å². The van der Waals surface area contributed by atoms with Crippen molar-refractivity contribution >= 4 is 22.8 Å². The summed E-state index contributed by atoms with van der Waals surface area (Å²) in [6, 6.07) is 4.06. The summed E-state index contributed by atoms with van der Waals surface area (Å²) in [5.41, 5.74) is 1.99. The molecule has 3 heterocycles. The number of H-pyrrole nitrogens is 1. The third-order valence-electron chi connectivity index (χ3n) is 3.36. The molecule has 21 heavy (non-hydrogen) atoms. The zero-order valence-electron chi connectivity index (χ0n) is 12.0. The molecule has 0 fully saturated rings. The lowest BCUT2D eigenvalue weighted by Gasteiger charge is -2.19. The molecule has 7 heteroatoms. The number of fused-ring (bicyclic) bond motifs is 1. The highest BCUT2D eigenvalue weighted by Gasteiger charge is 2.12. The molecule has 0 unspecified atom stereocenters. The van der Waals surface area contributed by atoms with Gasteiger partial charge in [-0.3, -0.25) is 10.1 Å². The van der Waals surface area contributed by atoms with E-state index in [9.17, 15) is 0 Å². The van der Waals surface area contributed by atoms with Gasteiger partial charge < -0.3 is 10.2 Å². The van der Waals surface area contributed by atoms with Crippen molar-refractivity contribution in [1.82, 2.24) is 25.1 Å². The highest BCUT2D eigenvalue weighted by atomic mass is 15.2. The number of hydrogen-bond donors (Lipinski definition) is 2. The molecule has 0 atom stereocenters. The predicted molar refractivity (Wildman–Crippen MR) is 82.4 cm³/mol. The van der Waals surface area contributed by atoms with Crippen molar-refractivity contribution in [1.29, 1.82) is 0 Å². The summed E-state index contributed by atoms with van der Waals surface area (Å²) >= 11 is 0. The SMILES string of the molecule is CNc1nc(N(C)CCc2ccncc2)c2cn[nH]c2n1. The number of aromatic nitrogens is 5. The molecule has 3 aromatic rings. The third-order valence-corrected chi connectivity index (χ3v) is 3.36. The standard InChI is InChI=1S/C14H17N7/c1-15-14-18-12-11(9-17-20-12)13(19-14)21(2)8-5-10-3-6-16-7-4-10/h3-4,6-7,9H,5,8H2,1-2H3,(H2,15,17,18,19,20). The van der Waals surface area contributed by atoms with Crippen LogP contribution in [0.1, 0.15) is 5.56 Å². The lowest BCUT2D eigenvalue weighted by molar-refractivity contribution is 0.861. The number of hydrogen-bond acceptors (Lipinski definition) is 6. The molecule has 2 N–H and O–H groups in total. The Bertz CT molecular complexity index is 723. The summed E-state index contributed by atoms with van der Waals surface area (Å²) in [5.74, 6) is 1.45. The molecule has 0 aliphatic rings. The van der Waals surface area contributed by atoms with Crippen molar-refractivity contribution in [2.24, 2.45) is 0 Å². The van der Waals surface area contributed by atoms with Gasteiger partial charge in [0, 0.05) is 33.0 Å². The highest BCUT2D eigenvalue weighted by molar-refractivity contribution is 5.87. The minimum Gasteiger partial charge on any atom is -0.359 e. The Morgan fingerprint density at radius 2 is 2.05 bits per heavy atom. The topological polar surface area (TPSA) is 82.6 Å². The van der Waals surface area contributed by atoms with Crippen LogP contribution in [0.2, 0.25) is 0 Å². The molecule has 7 nitrogen and oxygen atoms in total. The molecule has 0 aliphatic heterocycles. The maximum Gasteiger partial charge on any atom is 0.226 e. The Labute approximate surface area is 122 Å². The molecule has 0 spiro atoms. The Kier molecular flexibility index (Phi) is 3.63. The van der Waals surface area contributed by atoms with Crippen LogP contribution >= 0.6 is 0 Å². The van der Waals surface area contributed by atoms with Gasteiger partial charge in [-0.25, -0.2) is 0 Å². The quantitative estimate of drug-likeness (QED) is 0.738. The average Bonchev–Trinajstić information content (AvgIpc) is 3.01. The van der Waals surface area contributed by atoms with E-state index in [1.807, 2.05) is 31.6 Å². The van der Waals surface area contributed by atoms with Gasteiger partial charge in [0.2, 0.25) is 5.95 Å². The monoisotopic (exact) mass is 283 g/mol. The van der Waals surface area contributed by atoms with Gasteiger partial charge in [0.15, 0.2) is 5.65 Å². The van der Waals surface area contributed by atoms with Crippen molar-refractivity contribution in [3.05, 3.63) is 36.3 Å². The van der Waals surface area contributed by atoms with Crippen molar-refractivity contribution in [2.45, 2.75) is 6.42 Å². The van der Waals surface area contributed by atoms with E-state index in [4.69, 9.17) is 0 Å². The van der Waals surface area contributed by atoms with E-state index < -0.39 is 0 Å². The molecule has 0 saturated heterocycles. The summed E-state index contributed by atoms with van der Waals surface area (Å²) in [7, 11) is 3.83. The summed E-state index contributed by atoms with van der Waals surface area (Å²) in [5, 5.41) is 10.8. The lowest BCUT2D eigenvalue weighted by Crippen LogP contribution is -2.22. The molecule has 3 aromatic heterocycles. The third kappa shape index (κ3) is 2.76. The molecule has 0 radical (unpaired) electrons. The maximum absolute atomic E-state index is 4.54. The number of aromatic amines is 1. The molecular weight excluding hydrogens is 266 g/mol. The van der Waals surface area contributed by atoms with Crippen LogP contribution in [0, 0.1) is 0 Å². The molecule has 3 rings (SSSR count). The number of nitrogens with one attached hydrogen (secondary N) is 2. The highest BCUT2D eigenvalue weighted by Crippen LogP contribution is 2.22. The normalized spacial score (nSPS) is 10.8. The summed E-state index contributed by atoms with van der Waals surface area (Å²) in [6.45, 7) is 0.852. The van der Waals surface area contributed by atoms with E-state index in [-0.39, 0.29) is 0 Å². The van der Waals surface area contributed by atoms with E-state index in [1.54, 1.807) is 13.2 Å². The summed E-state index contributed by atoms with van der Waals surface area (Å²) < 4.78 is 0. The Hall–Kier alpha value is -2.70. The maximum atomic E-state index is 4.54. The lowest BCUT2D eigenvalue weighted by atomic mass is 10.2. The van der Waals surface area contributed by atoms with Crippen LogP contribution in [0.3, 0.4) is 0 Å². The minimum absolute atomic E-state index is 0.581. The zero-order valence-corrected chi connectivity index (χ0v) is 12.0. The van der Waals surface area contributed by atoms with Crippen molar-refractivity contribution in [2.75, 3.05) is 30.9 Å². The first-order valence-electron chi connectivity index (χ1n) is 6.77. The molecule has 0 saturated carbocycles. The van der Waals surface area contributed by atoms with E-state index in [1.165, 1.54) is 5.56 Å². The number of rotatable bonds is 5. The number of anilines is 2. The Balaban J connectivity index is 1.83. The van der Waals surface area contributed by atoms with Crippen LogP contribution in [0.4, 0.5) is 11.8 Å². The van der Waals surface area contributed by atoms with Crippen LogP contribution in [-0.2, 0) is 6.42 Å². The van der Waals surface area contributed by atoms with Crippen LogP contribution in [-0.4, -0.2) is 45.8 Å². The first kappa shape index (κ1) is 13.3. The molecule has 0 aliphatic carbocycles. The van der Waals surface area contributed by atoms with Gasteiger partial charge in [0.25, 0.3) is 0 Å². The van der Waals surface area contributed by atoms with Crippen molar-refractivity contribution in [3.8, 4) is 0 Å². The first-order chi connectivity index (χ1) is 10.3. The van der Waals surface area contributed by atoms with Gasteiger partial charge >= 0.3 is 0 Å². The predicted octanol–water partition coefficient (Wildman–Crippen LogP) is 1.47. The van der Waals surface area contributed by atoms with Crippen molar-refractivity contribution in [3.63, 3.8) is 0 Å². The van der Waals surface area contributed by atoms with E-state index in [0.717, 1.165) is 29.8 Å². The van der Waals surface area contributed by atoms with Crippen LogP contribution in [0.25, 0.3) is 11.0 Å². The number of pyridine rings is 1. The fourth-order valence-electron chi connectivity index (χ4n) is 2.17. The van der Waals surface area contributed by atoms with Crippen LogP contribution in [0.15, 0.2) is 30.7 Å². The second-order valence-electron chi connectivity index (χ2n) is 4.78. The van der Waals surface area contributed by atoms with Gasteiger partial charge in [0.05, 0.1) is 11.6 Å². The molecular formula is C14H17N7. The van der Waals surface area contributed by atoms with E-state index >= 15 is 0 Å².